The zero-order valence-corrected chi connectivity index (χ0v) is 13.0. The third kappa shape index (κ3) is 3.03. The third-order valence-corrected chi connectivity index (χ3v) is 4.31. The smallest absolute Gasteiger partial charge is 0.116 e. The molecule has 2 heterocycles. The summed E-state index contributed by atoms with van der Waals surface area (Å²) in [7, 11) is 0. The number of benzene rings is 2. The number of aromatic nitrogens is 2. The first-order valence-electron chi connectivity index (χ1n) is 7.99. The largest absolute Gasteiger partial charge is 0.378 e. The van der Waals surface area contributed by atoms with Gasteiger partial charge in [-0.25, -0.2) is 9.97 Å². The molecule has 0 unspecified atom stereocenters. The molecule has 1 saturated heterocycles. The number of rotatable bonds is 3. The van der Waals surface area contributed by atoms with E-state index in [0.717, 1.165) is 43.6 Å². The van der Waals surface area contributed by atoms with E-state index in [0.29, 0.717) is 0 Å². The number of hydrogen-bond acceptors (Lipinski definition) is 4. The Morgan fingerprint density at radius 2 is 1.87 bits per heavy atom. The molecule has 0 atom stereocenters. The van der Waals surface area contributed by atoms with Gasteiger partial charge in [-0.3, -0.25) is 0 Å². The van der Waals surface area contributed by atoms with Gasteiger partial charge in [0.1, 0.15) is 6.33 Å². The van der Waals surface area contributed by atoms with Crippen LogP contribution in [-0.4, -0.2) is 36.3 Å². The van der Waals surface area contributed by atoms with Gasteiger partial charge in [-0.15, -0.1) is 0 Å². The summed E-state index contributed by atoms with van der Waals surface area (Å²) in [5.41, 5.74) is 4.81. The number of hydrogen-bond donors (Lipinski definition) is 0. The summed E-state index contributed by atoms with van der Waals surface area (Å²) in [6, 6.07) is 15.0. The summed E-state index contributed by atoms with van der Waals surface area (Å²) in [4.78, 5) is 11.1. The molecule has 1 aliphatic rings. The fourth-order valence-corrected chi connectivity index (χ4v) is 3.11. The summed E-state index contributed by atoms with van der Waals surface area (Å²) >= 11 is 0. The second kappa shape index (κ2) is 6.34. The molecule has 0 bridgehead atoms. The molecular formula is C19H19N3O. The quantitative estimate of drug-likeness (QED) is 0.745. The Morgan fingerprint density at radius 1 is 1.04 bits per heavy atom. The van der Waals surface area contributed by atoms with Crippen LogP contribution in [0.1, 0.15) is 11.1 Å². The van der Waals surface area contributed by atoms with E-state index in [9.17, 15) is 0 Å². The van der Waals surface area contributed by atoms with Crippen LogP contribution in [0.4, 0.5) is 5.69 Å². The Bertz CT molecular complexity index is 798. The Hall–Kier alpha value is -2.46. The van der Waals surface area contributed by atoms with Crippen LogP contribution < -0.4 is 4.90 Å². The highest BCUT2D eigenvalue weighted by molar-refractivity contribution is 5.85. The first-order valence-corrected chi connectivity index (χ1v) is 7.99. The van der Waals surface area contributed by atoms with Crippen LogP contribution in [0.5, 0.6) is 0 Å². The van der Waals surface area contributed by atoms with Crippen LogP contribution in [-0.2, 0) is 11.2 Å². The maximum Gasteiger partial charge on any atom is 0.116 e. The highest BCUT2D eigenvalue weighted by Gasteiger charge is 2.14. The van der Waals surface area contributed by atoms with Crippen LogP contribution in [0.3, 0.4) is 0 Å². The van der Waals surface area contributed by atoms with Gasteiger partial charge in [0, 0.05) is 30.4 Å². The first kappa shape index (κ1) is 14.2. The van der Waals surface area contributed by atoms with E-state index in [2.05, 4.69) is 57.3 Å². The van der Waals surface area contributed by atoms with Crippen molar-refractivity contribution in [2.24, 2.45) is 0 Å². The van der Waals surface area contributed by atoms with Crippen molar-refractivity contribution >= 4 is 16.6 Å². The van der Waals surface area contributed by atoms with E-state index in [1.165, 1.54) is 16.8 Å². The van der Waals surface area contributed by atoms with E-state index in [1.54, 1.807) is 6.33 Å². The lowest BCUT2D eigenvalue weighted by atomic mass is 10.00. The molecule has 0 spiro atoms. The molecule has 116 valence electrons. The van der Waals surface area contributed by atoms with E-state index in [1.807, 2.05) is 6.20 Å². The number of morpholine rings is 1. The Morgan fingerprint density at radius 3 is 2.70 bits per heavy atom. The molecule has 0 amide bonds. The Labute approximate surface area is 135 Å². The minimum absolute atomic E-state index is 0.788. The van der Waals surface area contributed by atoms with Gasteiger partial charge in [0.05, 0.1) is 18.7 Å². The lowest BCUT2D eigenvalue weighted by Gasteiger charge is -2.29. The van der Waals surface area contributed by atoms with Crippen molar-refractivity contribution in [2.75, 3.05) is 31.2 Å². The summed E-state index contributed by atoms with van der Waals surface area (Å²) in [6.07, 6.45) is 4.43. The predicted molar refractivity (Wildman–Crippen MR) is 91.8 cm³/mol. The number of fused-ring (bicyclic) bond motifs is 1. The molecule has 3 aromatic rings. The summed E-state index contributed by atoms with van der Waals surface area (Å²) < 4.78 is 5.47. The minimum Gasteiger partial charge on any atom is -0.378 e. The van der Waals surface area contributed by atoms with Gasteiger partial charge in [-0.05, 0) is 29.7 Å². The second-order valence-electron chi connectivity index (χ2n) is 5.82. The third-order valence-electron chi connectivity index (χ3n) is 4.31. The highest BCUT2D eigenvalue weighted by Crippen LogP contribution is 2.27. The van der Waals surface area contributed by atoms with Crippen molar-refractivity contribution in [2.45, 2.75) is 6.42 Å². The number of anilines is 1. The molecule has 0 radical (unpaired) electrons. The average Bonchev–Trinajstić information content (AvgIpc) is 2.63. The molecule has 4 nitrogen and oxygen atoms in total. The van der Waals surface area contributed by atoms with Gasteiger partial charge in [0.2, 0.25) is 0 Å². The van der Waals surface area contributed by atoms with E-state index in [4.69, 9.17) is 4.74 Å². The molecule has 23 heavy (non-hydrogen) atoms. The monoisotopic (exact) mass is 305 g/mol. The van der Waals surface area contributed by atoms with Crippen LogP contribution in [0.15, 0.2) is 55.0 Å². The van der Waals surface area contributed by atoms with E-state index < -0.39 is 0 Å². The fourth-order valence-electron chi connectivity index (χ4n) is 3.11. The maximum atomic E-state index is 5.47. The van der Waals surface area contributed by atoms with Gasteiger partial charge in [0.15, 0.2) is 0 Å². The first-order chi connectivity index (χ1) is 11.4. The van der Waals surface area contributed by atoms with Gasteiger partial charge < -0.3 is 9.64 Å². The molecule has 2 aromatic carbocycles. The average molecular weight is 305 g/mol. The second-order valence-corrected chi connectivity index (χ2v) is 5.82. The minimum atomic E-state index is 0.788. The standard InChI is InChI=1S/C19H19N3O/c1-2-4-15(5-3-1)10-16-11-17(22-6-8-23-9-7-22)12-19-18(16)13-20-14-21-19/h1-5,11-14H,6-10H2. The Balaban J connectivity index is 1.77. The van der Waals surface area contributed by atoms with Crippen LogP contribution in [0.2, 0.25) is 0 Å². The lowest BCUT2D eigenvalue weighted by Crippen LogP contribution is -2.36. The Kier molecular flexibility index (Phi) is 3.90. The molecule has 4 rings (SSSR count). The van der Waals surface area contributed by atoms with E-state index >= 15 is 0 Å². The van der Waals surface area contributed by atoms with Crippen LogP contribution in [0.25, 0.3) is 10.9 Å². The van der Waals surface area contributed by atoms with Crippen molar-refractivity contribution < 1.29 is 4.74 Å². The maximum absolute atomic E-state index is 5.47. The van der Waals surface area contributed by atoms with Crippen LogP contribution >= 0.6 is 0 Å². The van der Waals surface area contributed by atoms with Crippen molar-refractivity contribution in [3.05, 3.63) is 66.1 Å². The van der Waals surface area contributed by atoms with Gasteiger partial charge in [-0.2, -0.15) is 0 Å². The molecule has 4 heteroatoms. The number of nitrogens with zero attached hydrogens (tertiary/aromatic N) is 3. The summed E-state index contributed by atoms with van der Waals surface area (Å²) in [5, 5.41) is 1.13. The van der Waals surface area contributed by atoms with Gasteiger partial charge in [-0.1, -0.05) is 30.3 Å². The summed E-state index contributed by atoms with van der Waals surface area (Å²) in [6.45, 7) is 3.44. The molecule has 0 N–H and O–H groups in total. The SMILES string of the molecule is c1ccc(Cc2cc(N3CCOCC3)cc3ncncc23)cc1. The molecular weight excluding hydrogens is 286 g/mol. The van der Waals surface area contributed by atoms with Crippen molar-refractivity contribution in [3.63, 3.8) is 0 Å². The van der Waals surface area contributed by atoms with E-state index in [-0.39, 0.29) is 0 Å². The summed E-state index contributed by atoms with van der Waals surface area (Å²) in [5.74, 6) is 0. The zero-order chi connectivity index (χ0) is 15.5. The zero-order valence-electron chi connectivity index (χ0n) is 13.0. The topological polar surface area (TPSA) is 38.2 Å². The van der Waals surface area contributed by atoms with Crippen molar-refractivity contribution in [3.8, 4) is 0 Å². The van der Waals surface area contributed by atoms with Gasteiger partial charge in [0.25, 0.3) is 0 Å². The highest BCUT2D eigenvalue weighted by atomic mass is 16.5. The lowest BCUT2D eigenvalue weighted by molar-refractivity contribution is 0.122. The predicted octanol–water partition coefficient (Wildman–Crippen LogP) is 3.06. The fraction of sp³-hybridized carbons (Fsp3) is 0.263. The van der Waals surface area contributed by atoms with Crippen molar-refractivity contribution in [1.29, 1.82) is 0 Å². The molecule has 0 saturated carbocycles. The van der Waals surface area contributed by atoms with Crippen molar-refractivity contribution in [1.82, 2.24) is 9.97 Å². The molecule has 1 aromatic heterocycles. The molecule has 1 fully saturated rings. The van der Waals surface area contributed by atoms with Gasteiger partial charge >= 0.3 is 0 Å². The normalized spacial score (nSPS) is 15.0. The molecule has 0 aliphatic carbocycles. The number of ether oxygens (including phenoxy) is 1. The molecule has 1 aliphatic heterocycles. The van der Waals surface area contributed by atoms with Crippen LogP contribution in [0, 0.1) is 0 Å².